The molecule has 0 saturated heterocycles. The van der Waals surface area contributed by atoms with E-state index in [1.165, 1.54) is 17.5 Å². The largest absolute Gasteiger partial charge is 0.331 e. The van der Waals surface area contributed by atoms with E-state index < -0.39 is 0 Å². The Morgan fingerprint density at radius 2 is 1.91 bits per heavy atom. The fourth-order valence-electron chi connectivity index (χ4n) is 1.80. The number of carbonyl (C=O) groups is 1. The maximum Gasteiger partial charge on any atom is 0.206 e. The number of hydrogen-bond acceptors (Lipinski definition) is 5. The standard InChI is InChI=1S/C15H9Cl2N3OS/c16-9-1-2-11(12(17)7-9)14(21)13-8-19-15(22-13)20-10-3-5-18-6-4-10/h1-8H,(H,18,19,20). The summed E-state index contributed by atoms with van der Waals surface area (Å²) in [5, 5.41) is 4.56. The molecule has 7 heteroatoms. The summed E-state index contributed by atoms with van der Waals surface area (Å²) in [6, 6.07) is 8.44. The van der Waals surface area contributed by atoms with Crippen LogP contribution in [0.5, 0.6) is 0 Å². The van der Waals surface area contributed by atoms with Gasteiger partial charge in [0, 0.05) is 28.7 Å². The number of thiazole rings is 1. The Bertz CT molecular complexity index is 821. The van der Waals surface area contributed by atoms with Crippen molar-refractivity contribution in [1.29, 1.82) is 0 Å². The van der Waals surface area contributed by atoms with E-state index in [0.29, 0.717) is 25.6 Å². The van der Waals surface area contributed by atoms with Crippen molar-refractivity contribution in [3.63, 3.8) is 0 Å². The maximum atomic E-state index is 12.4. The van der Waals surface area contributed by atoms with Crippen LogP contribution in [0.1, 0.15) is 15.2 Å². The average molecular weight is 350 g/mol. The van der Waals surface area contributed by atoms with E-state index in [4.69, 9.17) is 23.2 Å². The summed E-state index contributed by atoms with van der Waals surface area (Å²) in [6.45, 7) is 0. The van der Waals surface area contributed by atoms with Gasteiger partial charge in [0.05, 0.1) is 16.1 Å². The second-order valence-electron chi connectivity index (χ2n) is 4.34. The fourth-order valence-corrected chi connectivity index (χ4v) is 3.09. The van der Waals surface area contributed by atoms with Crippen LogP contribution in [0.2, 0.25) is 10.0 Å². The van der Waals surface area contributed by atoms with Gasteiger partial charge in [0.15, 0.2) is 5.13 Å². The lowest BCUT2D eigenvalue weighted by Gasteiger charge is -2.02. The Hall–Kier alpha value is -1.95. The van der Waals surface area contributed by atoms with E-state index >= 15 is 0 Å². The van der Waals surface area contributed by atoms with E-state index in [-0.39, 0.29) is 5.78 Å². The molecule has 4 nitrogen and oxygen atoms in total. The van der Waals surface area contributed by atoms with Crippen LogP contribution < -0.4 is 5.32 Å². The van der Waals surface area contributed by atoms with Crippen molar-refractivity contribution in [2.75, 3.05) is 5.32 Å². The molecular weight excluding hydrogens is 341 g/mol. The SMILES string of the molecule is O=C(c1cnc(Nc2ccncc2)s1)c1ccc(Cl)cc1Cl. The van der Waals surface area contributed by atoms with E-state index in [1.807, 2.05) is 12.1 Å². The van der Waals surface area contributed by atoms with Gasteiger partial charge in [-0.25, -0.2) is 4.98 Å². The van der Waals surface area contributed by atoms with Gasteiger partial charge in [-0.15, -0.1) is 0 Å². The highest BCUT2D eigenvalue weighted by atomic mass is 35.5. The van der Waals surface area contributed by atoms with Crippen molar-refractivity contribution in [1.82, 2.24) is 9.97 Å². The van der Waals surface area contributed by atoms with Crippen LogP contribution in [0.25, 0.3) is 0 Å². The monoisotopic (exact) mass is 349 g/mol. The summed E-state index contributed by atoms with van der Waals surface area (Å²) in [4.78, 5) is 21.1. The molecule has 3 aromatic rings. The molecule has 22 heavy (non-hydrogen) atoms. The molecule has 0 saturated carbocycles. The van der Waals surface area contributed by atoms with Crippen LogP contribution in [-0.4, -0.2) is 15.8 Å². The van der Waals surface area contributed by atoms with Gasteiger partial charge in [-0.3, -0.25) is 9.78 Å². The first-order valence-electron chi connectivity index (χ1n) is 6.26. The Balaban J connectivity index is 1.82. The zero-order valence-electron chi connectivity index (χ0n) is 11.1. The van der Waals surface area contributed by atoms with Gasteiger partial charge in [-0.05, 0) is 30.3 Å². The molecule has 3 rings (SSSR count). The molecule has 2 aromatic heterocycles. The van der Waals surface area contributed by atoms with Crippen molar-refractivity contribution in [3.8, 4) is 0 Å². The quantitative estimate of drug-likeness (QED) is 0.686. The molecule has 0 aliphatic carbocycles. The lowest BCUT2D eigenvalue weighted by atomic mass is 10.1. The molecule has 110 valence electrons. The topological polar surface area (TPSA) is 54.9 Å². The van der Waals surface area contributed by atoms with Gasteiger partial charge in [0.25, 0.3) is 0 Å². The zero-order chi connectivity index (χ0) is 15.5. The predicted octanol–water partition coefficient (Wildman–Crippen LogP) is 4.82. The average Bonchev–Trinajstić information content (AvgIpc) is 2.96. The molecular formula is C15H9Cl2N3OS. The lowest BCUT2D eigenvalue weighted by Crippen LogP contribution is -1.99. The minimum atomic E-state index is -0.179. The highest BCUT2D eigenvalue weighted by Crippen LogP contribution is 2.28. The number of halogens is 2. The van der Waals surface area contributed by atoms with Crippen LogP contribution in [0.15, 0.2) is 48.9 Å². The second kappa shape index (κ2) is 6.44. The van der Waals surface area contributed by atoms with Crippen LogP contribution in [-0.2, 0) is 0 Å². The van der Waals surface area contributed by atoms with Gasteiger partial charge in [0.1, 0.15) is 0 Å². The Morgan fingerprint density at radius 3 is 2.64 bits per heavy atom. The van der Waals surface area contributed by atoms with Crippen molar-refractivity contribution in [2.45, 2.75) is 0 Å². The molecule has 0 bridgehead atoms. The van der Waals surface area contributed by atoms with Gasteiger partial charge >= 0.3 is 0 Å². The summed E-state index contributed by atoms with van der Waals surface area (Å²) in [7, 11) is 0. The van der Waals surface area contributed by atoms with Gasteiger partial charge < -0.3 is 5.32 Å². The molecule has 0 atom stereocenters. The summed E-state index contributed by atoms with van der Waals surface area (Å²) in [5.74, 6) is -0.179. The normalized spacial score (nSPS) is 10.5. The number of carbonyl (C=O) groups excluding carboxylic acids is 1. The van der Waals surface area contributed by atoms with Crippen LogP contribution in [0.3, 0.4) is 0 Å². The minimum absolute atomic E-state index is 0.179. The molecule has 0 fully saturated rings. The predicted molar refractivity (Wildman–Crippen MR) is 89.5 cm³/mol. The van der Waals surface area contributed by atoms with Crippen LogP contribution in [0.4, 0.5) is 10.8 Å². The van der Waals surface area contributed by atoms with Gasteiger partial charge in [-0.1, -0.05) is 34.5 Å². The number of rotatable bonds is 4. The third-order valence-electron chi connectivity index (χ3n) is 2.84. The van der Waals surface area contributed by atoms with E-state index in [0.717, 1.165) is 5.69 Å². The Labute approximate surface area is 140 Å². The van der Waals surface area contributed by atoms with Crippen molar-refractivity contribution >= 4 is 51.1 Å². The maximum absolute atomic E-state index is 12.4. The summed E-state index contributed by atoms with van der Waals surface area (Å²) in [5.41, 5.74) is 1.26. The molecule has 0 radical (unpaired) electrons. The molecule has 0 unspecified atom stereocenters. The number of benzene rings is 1. The summed E-state index contributed by atoms with van der Waals surface area (Å²) in [6.07, 6.45) is 4.88. The summed E-state index contributed by atoms with van der Waals surface area (Å²) < 4.78 is 0. The number of aromatic nitrogens is 2. The molecule has 2 heterocycles. The van der Waals surface area contributed by atoms with Crippen molar-refractivity contribution in [2.24, 2.45) is 0 Å². The van der Waals surface area contributed by atoms with Gasteiger partial charge in [0.2, 0.25) is 5.78 Å². The first-order chi connectivity index (χ1) is 10.6. The zero-order valence-corrected chi connectivity index (χ0v) is 13.4. The Morgan fingerprint density at radius 1 is 1.14 bits per heavy atom. The van der Waals surface area contributed by atoms with Crippen LogP contribution >= 0.6 is 34.5 Å². The minimum Gasteiger partial charge on any atom is -0.331 e. The number of pyridine rings is 1. The Kier molecular flexibility index (Phi) is 4.38. The molecule has 1 aromatic carbocycles. The molecule has 0 amide bonds. The van der Waals surface area contributed by atoms with Gasteiger partial charge in [-0.2, -0.15) is 0 Å². The molecule has 0 aliphatic heterocycles. The smallest absolute Gasteiger partial charge is 0.206 e. The molecule has 0 spiro atoms. The second-order valence-corrected chi connectivity index (χ2v) is 6.22. The fraction of sp³-hybridized carbons (Fsp3) is 0. The highest BCUT2D eigenvalue weighted by molar-refractivity contribution is 7.17. The number of hydrogen-bond donors (Lipinski definition) is 1. The number of ketones is 1. The van der Waals surface area contributed by atoms with E-state index in [1.54, 1.807) is 30.6 Å². The van der Waals surface area contributed by atoms with E-state index in [9.17, 15) is 4.79 Å². The number of anilines is 2. The van der Waals surface area contributed by atoms with E-state index in [2.05, 4.69) is 15.3 Å². The van der Waals surface area contributed by atoms with Crippen LogP contribution in [0, 0.1) is 0 Å². The number of nitrogens with one attached hydrogen (secondary N) is 1. The highest BCUT2D eigenvalue weighted by Gasteiger charge is 2.16. The third kappa shape index (κ3) is 3.27. The van der Waals surface area contributed by atoms with Crippen molar-refractivity contribution < 1.29 is 4.79 Å². The number of nitrogens with zero attached hydrogens (tertiary/aromatic N) is 2. The first-order valence-corrected chi connectivity index (χ1v) is 7.83. The first kappa shape index (κ1) is 15.0. The lowest BCUT2D eigenvalue weighted by molar-refractivity contribution is 0.104. The summed E-state index contributed by atoms with van der Waals surface area (Å²) >= 11 is 13.2. The molecule has 1 N–H and O–H groups in total. The van der Waals surface area contributed by atoms with Crippen molar-refractivity contribution in [3.05, 3.63) is 69.4 Å². The third-order valence-corrected chi connectivity index (χ3v) is 4.30. The molecule has 0 aliphatic rings.